The molecule has 2 aromatic rings. The Balaban J connectivity index is 2.01. The molecule has 1 aromatic heterocycles. The average Bonchev–Trinajstić information content (AvgIpc) is 3.24. The fourth-order valence-corrected chi connectivity index (χ4v) is 2.36. The lowest BCUT2D eigenvalue weighted by Crippen LogP contribution is -2.05. The van der Waals surface area contributed by atoms with E-state index in [0.29, 0.717) is 17.6 Å². The highest BCUT2D eigenvalue weighted by atomic mass is 16.5. The van der Waals surface area contributed by atoms with E-state index >= 15 is 0 Å². The molecule has 0 spiro atoms. The van der Waals surface area contributed by atoms with Gasteiger partial charge >= 0.3 is 0 Å². The summed E-state index contributed by atoms with van der Waals surface area (Å²) in [7, 11) is 0. The Hall–Kier alpha value is -2.10. The van der Waals surface area contributed by atoms with Crippen LogP contribution in [0.1, 0.15) is 46.8 Å². The van der Waals surface area contributed by atoms with E-state index < -0.39 is 0 Å². The monoisotopic (exact) mass is 283 g/mol. The summed E-state index contributed by atoms with van der Waals surface area (Å²) in [4.78, 5) is 8.96. The van der Waals surface area contributed by atoms with Crippen LogP contribution in [0.5, 0.6) is 11.6 Å². The second-order valence-corrected chi connectivity index (χ2v) is 5.98. The molecule has 1 aromatic carbocycles. The first-order valence-corrected chi connectivity index (χ1v) is 7.35. The number of rotatable bonds is 3. The van der Waals surface area contributed by atoms with Crippen molar-refractivity contribution in [1.82, 2.24) is 9.97 Å². The van der Waals surface area contributed by atoms with Crippen molar-refractivity contribution in [2.45, 2.75) is 46.5 Å². The molecular formula is C17H21N3O. The average molecular weight is 283 g/mol. The van der Waals surface area contributed by atoms with Crippen molar-refractivity contribution in [3.05, 3.63) is 40.2 Å². The van der Waals surface area contributed by atoms with E-state index in [1.54, 1.807) is 0 Å². The van der Waals surface area contributed by atoms with Gasteiger partial charge < -0.3 is 10.5 Å². The summed E-state index contributed by atoms with van der Waals surface area (Å²) in [5, 5.41) is 0. The number of hydrogen-bond acceptors (Lipinski definition) is 4. The minimum atomic E-state index is 0.454. The van der Waals surface area contributed by atoms with Gasteiger partial charge in [-0.05, 0) is 63.3 Å². The zero-order chi connectivity index (χ0) is 15.1. The van der Waals surface area contributed by atoms with Gasteiger partial charge in [0.1, 0.15) is 17.4 Å². The standard InChI is InChI=1S/C17H21N3O/c1-9-7-10(2)11(3)14(8-9)21-17-12(4)15(18)19-16(20-17)13-5-6-13/h7-8,13H,5-6H2,1-4H3,(H2,18,19,20). The van der Waals surface area contributed by atoms with Crippen LogP contribution in [-0.4, -0.2) is 9.97 Å². The third kappa shape index (κ3) is 2.71. The number of ether oxygens (including phenoxy) is 1. The van der Waals surface area contributed by atoms with E-state index in [4.69, 9.17) is 10.5 Å². The highest BCUT2D eigenvalue weighted by Crippen LogP contribution is 2.40. The van der Waals surface area contributed by atoms with Crippen LogP contribution in [0, 0.1) is 27.7 Å². The Labute approximate surface area is 125 Å². The quantitative estimate of drug-likeness (QED) is 0.926. The Morgan fingerprint density at radius 3 is 2.43 bits per heavy atom. The van der Waals surface area contributed by atoms with Crippen LogP contribution < -0.4 is 10.5 Å². The minimum absolute atomic E-state index is 0.454. The number of nitrogens with zero attached hydrogens (tertiary/aromatic N) is 2. The minimum Gasteiger partial charge on any atom is -0.438 e. The molecule has 1 fully saturated rings. The Morgan fingerprint density at radius 2 is 1.76 bits per heavy atom. The molecule has 0 aliphatic heterocycles. The van der Waals surface area contributed by atoms with Crippen LogP contribution in [-0.2, 0) is 0 Å². The molecule has 0 amide bonds. The van der Waals surface area contributed by atoms with Crippen molar-refractivity contribution in [2.75, 3.05) is 5.73 Å². The zero-order valence-electron chi connectivity index (χ0n) is 13.0. The number of aryl methyl sites for hydroxylation is 2. The summed E-state index contributed by atoms with van der Waals surface area (Å²) in [5.74, 6) is 3.21. The second kappa shape index (κ2) is 5.02. The molecule has 1 aliphatic rings. The Kier molecular flexibility index (Phi) is 3.32. The molecule has 1 aliphatic carbocycles. The van der Waals surface area contributed by atoms with Gasteiger partial charge in [-0.3, -0.25) is 0 Å². The number of nitrogens with two attached hydrogens (primary N) is 1. The SMILES string of the molecule is Cc1cc(C)c(C)c(Oc2nc(C3CC3)nc(N)c2C)c1. The first-order chi connectivity index (χ1) is 9.95. The number of aromatic nitrogens is 2. The van der Waals surface area contributed by atoms with Gasteiger partial charge in [0.25, 0.3) is 0 Å². The predicted molar refractivity (Wildman–Crippen MR) is 83.9 cm³/mol. The fraction of sp³-hybridized carbons (Fsp3) is 0.412. The van der Waals surface area contributed by atoms with Gasteiger partial charge in [-0.1, -0.05) is 6.07 Å². The molecule has 0 saturated heterocycles. The number of hydrogen-bond donors (Lipinski definition) is 1. The maximum atomic E-state index is 6.07. The normalized spacial score (nSPS) is 14.3. The van der Waals surface area contributed by atoms with Crippen LogP contribution in [0.15, 0.2) is 12.1 Å². The number of anilines is 1. The smallest absolute Gasteiger partial charge is 0.227 e. The largest absolute Gasteiger partial charge is 0.438 e. The summed E-state index contributed by atoms with van der Waals surface area (Å²) in [5.41, 5.74) is 10.3. The lowest BCUT2D eigenvalue weighted by Gasteiger charge is -2.14. The summed E-state index contributed by atoms with van der Waals surface area (Å²) in [6, 6.07) is 4.19. The molecule has 21 heavy (non-hydrogen) atoms. The van der Waals surface area contributed by atoms with E-state index in [1.165, 1.54) is 11.1 Å². The first kappa shape index (κ1) is 13.9. The highest BCUT2D eigenvalue weighted by molar-refractivity contribution is 5.49. The summed E-state index contributed by atoms with van der Waals surface area (Å²) in [6.07, 6.45) is 2.29. The fourth-order valence-electron chi connectivity index (χ4n) is 2.36. The maximum absolute atomic E-state index is 6.07. The van der Waals surface area contributed by atoms with E-state index in [2.05, 4.69) is 36.8 Å². The molecule has 0 radical (unpaired) electrons. The van der Waals surface area contributed by atoms with Crippen molar-refractivity contribution in [2.24, 2.45) is 0 Å². The van der Waals surface area contributed by atoms with E-state index in [9.17, 15) is 0 Å². The first-order valence-electron chi connectivity index (χ1n) is 7.35. The molecule has 1 heterocycles. The Morgan fingerprint density at radius 1 is 1.05 bits per heavy atom. The van der Waals surface area contributed by atoms with Gasteiger partial charge in [0.15, 0.2) is 0 Å². The van der Waals surface area contributed by atoms with Gasteiger partial charge in [0.2, 0.25) is 5.88 Å². The van der Waals surface area contributed by atoms with Crippen LogP contribution in [0.3, 0.4) is 0 Å². The van der Waals surface area contributed by atoms with Crippen molar-refractivity contribution in [3.8, 4) is 11.6 Å². The molecule has 1 saturated carbocycles. The summed E-state index contributed by atoms with van der Waals surface area (Å²) >= 11 is 0. The molecule has 2 N–H and O–H groups in total. The van der Waals surface area contributed by atoms with E-state index in [1.807, 2.05) is 13.0 Å². The van der Waals surface area contributed by atoms with Gasteiger partial charge in [-0.25, -0.2) is 4.98 Å². The van der Waals surface area contributed by atoms with E-state index in [0.717, 1.165) is 35.5 Å². The molecule has 0 bridgehead atoms. The lowest BCUT2D eigenvalue weighted by atomic mass is 10.1. The maximum Gasteiger partial charge on any atom is 0.227 e. The highest BCUT2D eigenvalue weighted by Gasteiger charge is 2.28. The lowest BCUT2D eigenvalue weighted by molar-refractivity contribution is 0.451. The molecule has 4 nitrogen and oxygen atoms in total. The van der Waals surface area contributed by atoms with Crippen molar-refractivity contribution < 1.29 is 4.74 Å². The van der Waals surface area contributed by atoms with Crippen molar-refractivity contribution >= 4 is 5.82 Å². The molecule has 4 heteroatoms. The van der Waals surface area contributed by atoms with Crippen LogP contribution in [0.4, 0.5) is 5.82 Å². The van der Waals surface area contributed by atoms with Gasteiger partial charge in [0.05, 0.1) is 5.56 Å². The number of nitrogen functional groups attached to an aromatic ring is 1. The predicted octanol–water partition coefficient (Wildman–Crippen LogP) is 3.96. The second-order valence-electron chi connectivity index (χ2n) is 5.98. The number of benzene rings is 1. The molecular weight excluding hydrogens is 262 g/mol. The third-order valence-electron chi connectivity index (χ3n) is 4.07. The zero-order valence-corrected chi connectivity index (χ0v) is 13.0. The molecule has 3 rings (SSSR count). The van der Waals surface area contributed by atoms with Gasteiger partial charge in [-0.2, -0.15) is 4.98 Å². The van der Waals surface area contributed by atoms with Crippen LogP contribution in [0.25, 0.3) is 0 Å². The topological polar surface area (TPSA) is 61.0 Å². The van der Waals surface area contributed by atoms with Gasteiger partial charge in [0, 0.05) is 5.92 Å². The molecule has 0 unspecified atom stereocenters. The van der Waals surface area contributed by atoms with Crippen LogP contribution in [0.2, 0.25) is 0 Å². The summed E-state index contributed by atoms with van der Waals surface area (Å²) in [6.45, 7) is 8.12. The summed E-state index contributed by atoms with van der Waals surface area (Å²) < 4.78 is 6.07. The molecule has 0 atom stereocenters. The van der Waals surface area contributed by atoms with E-state index in [-0.39, 0.29) is 0 Å². The molecule has 110 valence electrons. The van der Waals surface area contributed by atoms with Gasteiger partial charge in [-0.15, -0.1) is 0 Å². The van der Waals surface area contributed by atoms with Crippen molar-refractivity contribution in [1.29, 1.82) is 0 Å². The van der Waals surface area contributed by atoms with Crippen LogP contribution >= 0.6 is 0 Å². The third-order valence-corrected chi connectivity index (χ3v) is 4.07. The van der Waals surface area contributed by atoms with Crippen molar-refractivity contribution in [3.63, 3.8) is 0 Å². The Bertz CT molecular complexity index is 706.